The minimum absolute atomic E-state index is 0.116. The van der Waals surface area contributed by atoms with Gasteiger partial charge in [0.2, 0.25) is 0 Å². The van der Waals surface area contributed by atoms with Crippen molar-refractivity contribution in [1.29, 1.82) is 0 Å². The molecular formula is C12H16ClF3N2O. The molecule has 1 aromatic heterocycles. The van der Waals surface area contributed by atoms with Gasteiger partial charge >= 0.3 is 6.18 Å². The van der Waals surface area contributed by atoms with Crippen LogP contribution in [-0.4, -0.2) is 22.2 Å². The second-order valence-electron chi connectivity index (χ2n) is 4.32. The number of hydrogen-bond acceptors (Lipinski definition) is 3. The number of hydrogen-bond donors (Lipinski definition) is 2. The lowest BCUT2D eigenvalue weighted by molar-refractivity contribution is -0.137. The van der Waals surface area contributed by atoms with Crippen molar-refractivity contribution in [2.24, 2.45) is 0 Å². The van der Waals surface area contributed by atoms with Gasteiger partial charge in [0.25, 0.3) is 0 Å². The van der Waals surface area contributed by atoms with Gasteiger partial charge in [0.05, 0.1) is 22.7 Å². The average Bonchev–Trinajstić information content (AvgIpc) is 2.37. The highest BCUT2D eigenvalue weighted by molar-refractivity contribution is 6.33. The van der Waals surface area contributed by atoms with E-state index in [1.54, 1.807) is 0 Å². The van der Waals surface area contributed by atoms with Crippen LogP contribution in [0.4, 0.5) is 19.0 Å². The second kappa shape index (κ2) is 5.96. The van der Waals surface area contributed by atoms with Gasteiger partial charge in [0, 0.05) is 6.20 Å². The van der Waals surface area contributed by atoms with Crippen LogP contribution < -0.4 is 5.32 Å². The number of nitrogens with zero attached hydrogens (tertiary/aromatic N) is 1. The van der Waals surface area contributed by atoms with Crippen LogP contribution in [0.2, 0.25) is 5.02 Å². The summed E-state index contributed by atoms with van der Waals surface area (Å²) < 4.78 is 37.4. The Hall–Kier alpha value is -1.01. The number of rotatable bonds is 5. The van der Waals surface area contributed by atoms with Crippen molar-refractivity contribution < 1.29 is 18.3 Å². The van der Waals surface area contributed by atoms with Gasteiger partial charge in [-0.3, -0.25) is 0 Å². The first-order valence-electron chi connectivity index (χ1n) is 5.89. The Labute approximate surface area is 114 Å². The summed E-state index contributed by atoms with van der Waals surface area (Å²) in [5.74, 6) is 0.146. The number of halogens is 4. The van der Waals surface area contributed by atoms with Crippen LogP contribution in [0.3, 0.4) is 0 Å². The van der Waals surface area contributed by atoms with E-state index in [2.05, 4.69) is 10.3 Å². The zero-order chi connectivity index (χ0) is 14.7. The molecule has 108 valence electrons. The summed E-state index contributed by atoms with van der Waals surface area (Å²) in [4.78, 5) is 3.70. The van der Waals surface area contributed by atoms with E-state index < -0.39 is 17.3 Å². The van der Waals surface area contributed by atoms with E-state index in [9.17, 15) is 18.3 Å². The topological polar surface area (TPSA) is 45.1 Å². The summed E-state index contributed by atoms with van der Waals surface area (Å²) in [6.07, 6.45) is -2.56. The van der Waals surface area contributed by atoms with Gasteiger partial charge in [0.1, 0.15) is 5.82 Å². The van der Waals surface area contributed by atoms with Gasteiger partial charge < -0.3 is 10.4 Å². The molecule has 1 aromatic rings. The van der Waals surface area contributed by atoms with Crippen molar-refractivity contribution in [1.82, 2.24) is 4.98 Å². The minimum Gasteiger partial charge on any atom is -0.394 e. The summed E-state index contributed by atoms with van der Waals surface area (Å²) >= 11 is 5.81. The largest absolute Gasteiger partial charge is 0.417 e. The van der Waals surface area contributed by atoms with E-state index in [0.29, 0.717) is 12.8 Å². The Balaban J connectivity index is 3.04. The maximum absolute atomic E-state index is 12.5. The molecule has 0 fully saturated rings. The van der Waals surface area contributed by atoms with E-state index in [-0.39, 0.29) is 17.4 Å². The first kappa shape index (κ1) is 16.0. The molecule has 19 heavy (non-hydrogen) atoms. The molecule has 0 bridgehead atoms. The summed E-state index contributed by atoms with van der Waals surface area (Å²) in [5, 5.41) is 12.2. The van der Waals surface area contributed by atoms with Crippen LogP contribution in [0, 0.1) is 0 Å². The molecule has 1 rings (SSSR count). The summed E-state index contributed by atoms with van der Waals surface area (Å²) in [5.41, 5.74) is -1.53. The Morgan fingerprint density at radius 2 is 1.89 bits per heavy atom. The number of alkyl halides is 3. The molecule has 0 unspecified atom stereocenters. The molecule has 0 spiro atoms. The predicted molar refractivity (Wildman–Crippen MR) is 68.3 cm³/mol. The zero-order valence-corrected chi connectivity index (χ0v) is 11.4. The summed E-state index contributed by atoms with van der Waals surface area (Å²) in [7, 11) is 0. The fraction of sp³-hybridized carbons (Fsp3) is 0.583. The lowest BCUT2D eigenvalue weighted by Crippen LogP contribution is -2.41. The van der Waals surface area contributed by atoms with Crippen LogP contribution in [0.15, 0.2) is 12.3 Å². The van der Waals surface area contributed by atoms with Crippen LogP contribution in [0.1, 0.15) is 32.3 Å². The fourth-order valence-corrected chi connectivity index (χ4v) is 1.84. The molecule has 0 amide bonds. The molecule has 3 nitrogen and oxygen atoms in total. The van der Waals surface area contributed by atoms with Crippen molar-refractivity contribution in [3.8, 4) is 0 Å². The van der Waals surface area contributed by atoms with Crippen molar-refractivity contribution in [2.75, 3.05) is 11.9 Å². The Bertz CT molecular complexity index is 425. The van der Waals surface area contributed by atoms with E-state index in [4.69, 9.17) is 11.6 Å². The number of aliphatic hydroxyl groups excluding tert-OH is 1. The number of aliphatic hydroxyl groups is 1. The van der Waals surface area contributed by atoms with Gasteiger partial charge in [-0.1, -0.05) is 25.4 Å². The molecule has 0 saturated carbocycles. The quantitative estimate of drug-likeness (QED) is 0.870. The molecule has 0 aliphatic carbocycles. The molecule has 0 radical (unpaired) electrons. The maximum Gasteiger partial charge on any atom is 0.417 e. The minimum atomic E-state index is -4.47. The van der Waals surface area contributed by atoms with Gasteiger partial charge in [-0.25, -0.2) is 4.98 Å². The van der Waals surface area contributed by atoms with E-state index in [0.717, 1.165) is 12.3 Å². The van der Waals surface area contributed by atoms with Crippen molar-refractivity contribution in [3.63, 3.8) is 0 Å². The van der Waals surface area contributed by atoms with Crippen molar-refractivity contribution in [2.45, 2.75) is 38.4 Å². The molecular weight excluding hydrogens is 281 g/mol. The van der Waals surface area contributed by atoms with Gasteiger partial charge in [-0.05, 0) is 18.9 Å². The van der Waals surface area contributed by atoms with Gasteiger partial charge in [-0.2, -0.15) is 13.2 Å². The third-order valence-electron chi connectivity index (χ3n) is 3.21. The fourth-order valence-electron chi connectivity index (χ4n) is 1.63. The number of anilines is 1. The normalized spacial score (nSPS) is 12.6. The smallest absolute Gasteiger partial charge is 0.394 e. The monoisotopic (exact) mass is 296 g/mol. The third-order valence-corrected chi connectivity index (χ3v) is 3.50. The molecule has 0 aliphatic heterocycles. The first-order valence-corrected chi connectivity index (χ1v) is 6.27. The highest BCUT2D eigenvalue weighted by Crippen LogP contribution is 2.33. The molecule has 7 heteroatoms. The SMILES string of the molecule is CCC(CC)(CO)Nc1ncc(C(F)(F)F)cc1Cl. The molecule has 2 N–H and O–H groups in total. The van der Waals surface area contributed by atoms with E-state index in [1.807, 2.05) is 13.8 Å². The molecule has 0 saturated heterocycles. The molecule has 1 heterocycles. The predicted octanol–water partition coefficient (Wildman–Crippen LogP) is 3.72. The molecule has 0 aliphatic rings. The van der Waals surface area contributed by atoms with Gasteiger partial charge in [0.15, 0.2) is 0 Å². The van der Waals surface area contributed by atoms with Crippen LogP contribution in [-0.2, 0) is 6.18 Å². The van der Waals surface area contributed by atoms with E-state index >= 15 is 0 Å². The Kier molecular flexibility index (Phi) is 5.04. The number of nitrogens with one attached hydrogen (secondary N) is 1. The van der Waals surface area contributed by atoms with Crippen LogP contribution >= 0.6 is 11.6 Å². The summed E-state index contributed by atoms with van der Waals surface area (Å²) in [6.45, 7) is 3.58. The second-order valence-corrected chi connectivity index (χ2v) is 4.73. The highest BCUT2D eigenvalue weighted by atomic mass is 35.5. The van der Waals surface area contributed by atoms with Crippen LogP contribution in [0.5, 0.6) is 0 Å². The number of aromatic nitrogens is 1. The standard InChI is InChI=1S/C12H16ClF3N2O/c1-3-11(4-2,7-19)18-10-9(13)5-8(6-17-10)12(14,15)16/h5-6,19H,3-4,7H2,1-2H3,(H,17,18). The van der Waals surface area contributed by atoms with Crippen LogP contribution in [0.25, 0.3) is 0 Å². The molecule has 0 atom stereocenters. The molecule has 0 aromatic carbocycles. The number of pyridine rings is 1. The Morgan fingerprint density at radius 3 is 2.26 bits per heavy atom. The lowest BCUT2D eigenvalue weighted by atomic mass is 9.94. The first-order chi connectivity index (χ1) is 8.78. The van der Waals surface area contributed by atoms with E-state index in [1.165, 1.54) is 0 Å². The third kappa shape index (κ3) is 3.73. The lowest BCUT2D eigenvalue weighted by Gasteiger charge is -2.31. The Morgan fingerprint density at radius 1 is 1.32 bits per heavy atom. The average molecular weight is 297 g/mol. The highest BCUT2D eigenvalue weighted by Gasteiger charge is 2.32. The van der Waals surface area contributed by atoms with Crippen molar-refractivity contribution >= 4 is 17.4 Å². The van der Waals surface area contributed by atoms with Crippen molar-refractivity contribution in [3.05, 3.63) is 22.8 Å². The van der Waals surface area contributed by atoms with Gasteiger partial charge in [-0.15, -0.1) is 0 Å². The maximum atomic E-state index is 12.5. The zero-order valence-electron chi connectivity index (χ0n) is 10.7. The summed E-state index contributed by atoms with van der Waals surface area (Å²) in [6, 6.07) is 0.824.